The maximum atomic E-state index is 9.42. The molecule has 0 spiro atoms. The molecule has 0 fully saturated rings. The smallest absolute Gasteiger partial charge is 0.0980 e. The van der Waals surface area contributed by atoms with Crippen LogP contribution in [-0.2, 0) is 6.42 Å². The molecule has 0 aliphatic heterocycles. The molecule has 3 heteroatoms. The van der Waals surface area contributed by atoms with Gasteiger partial charge in [0.25, 0.3) is 0 Å². The molecular formula is C13H13ClO2. The molecule has 0 amide bonds. The van der Waals surface area contributed by atoms with Crippen LogP contribution in [0.2, 0.25) is 0 Å². The molecule has 0 saturated heterocycles. The van der Waals surface area contributed by atoms with E-state index in [9.17, 15) is 5.11 Å². The van der Waals surface area contributed by atoms with Crippen LogP contribution in [0.1, 0.15) is 5.56 Å². The van der Waals surface area contributed by atoms with Crippen LogP contribution in [0.5, 0.6) is 0 Å². The molecule has 0 bridgehead atoms. The molecule has 2 aromatic rings. The number of hydrogen-bond donors (Lipinski definition) is 1. The molecule has 1 aromatic heterocycles. The average Bonchev–Trinajstić information content (AvgIpc) is 2.83. The van der Waals surface area contributed by atoms with E-state index in [4.69, 9.17) is 16.0 Å². The van der Waals surface area contributed by atoms with Crippen LogP contribution in [0.15, 0.2) is 47.3 Å². The van der Waals surface area contributed by atoms with Crippen molar-refractivity contribution < 1.29 is 9.52 Å². The van der Waals surface area contributed by atoms with Gasteiger partial charge in [0, 0.05) is 11.4 Å². The van der Waals surface area contributed by atoms with Crippen molar-refractivity contribution in [1.29, 1.82) is 0 Å². The van der Waals surface area contributed by atoms with E-state index in [2.05, 4.69) is 0 Å². The second kappa shape index (κ2) is 5.19. The maximum absolute atomic E-state index is 9.42. The van der Waals surface area contributed by atoms with Gasteiger partial charge in [-0.1, -0.05) is 24.3 Å². The number of alkyl halides is 1. The number of benzene rings is 1. The van der Waals surface area contributed by atoms with Gasteiger partial charge < -0.3 is 9.52 Å². The maximum Gasteiger partial charge on any atom is 0.0980 e. The van der Waals surface area contributed by atoms with Crippen molar-refractivity contribution >= 4 is 11.6 Å². The summed E-state index contributed by atoms with van der Waals surface area (Å²) in [5, 5.41) is 9.42. The zero-order valence-electron chi connectivity index (χ0n) is 8.77. The lowest BCUT2D eigenvalue weighted by Crippen LogP contribution is -2.11. The second-order valence-corrected chi connectivity index (χ2v) is 4.03. The molecule has 0 saturated carbocycles. The Hall–Kier alpha value is -1.25. The van der Waals surface area contributed by atoms with Gasteiger partial charge in [-0.3, -0.25) is 0 Å². The lowest BCUT2D eigenvalue weighted by atomic mass is 10.0. The first-order chi connectivity index (χ1) is 7.79. The SMILES string of the molecule is OC(CCl)Cc1ccc(-c2ccoc2)cc1. The molecule has 84 valence electrons. The molecule has 1 atom stereocenters. The number of furan rings is 1. The Morgan fingerprint density at radius 2 is 1.88 bits per heavy atom. The fourth-order valence-electron chi connectivity index (χ4n) is 1.59. The molecule has 1 heterocycles. The van der Waals surface area contributed by atoms with Gasteiger partial charge in [0.1, 0.15) is 0 Å². The highest BCUT2D eigenvalue weighted by Crippen LogP contribution is 2.20. The van der Waals surface area contributed by atoms with Crippen molar-refractivity contribution in [1.82, 2.24) is 0 Å². The van der Waals surface area contributed by atoms with Crippen LogP contribution in [0, 0.1) is 0 Å². The summed E-state index contributed by atoms with van der Waals surface area (Å²) in [7, 11) is 0. The largest absolute Gasteiger partial charge is 0.472 e. The first-order valence-corrected chi connectivity index (χ1v) is 5.68. The van der Waals surface area contributed by atoms with E-state index in [-0.39, 0.29) is 5.88 Å². The molecule has 2 rings (SSSR count). The summed E-state index contributed by atoms with van der Waals surface area (Å²) in [4.78, 5) is 0. The van der Waals surface area contributed by atoms with Crippen LogP contribution in [-0.4, -0.2) is 17.1 Å². The second-order valence-electron chi connectivity index (χ2n) is 3.72. The van der Waals surface area contributed by atoms with Gasteiger partial charge in [-0.05, 0) is 23.6 Å². The summed E-state index contributed by atoms with van der Waals surface area (Å²) in [6.45, 7) is 0. The Bertz CT molecular complexity index is 420. The van der Waals surface area contributed by atoms with Crippen molar-refractivity contribution in [2.24, 2.45) is 0 Å². The van der Waals surface area contributed by atoms with Crippen LogP contribution < -0.4 is 0 Å². The normalized spacial score (nSPS) is 12.6. The Labute approximate surface area is 99.5 Å². The first-order valence-electron chi connectivity index (χ1n) is 5.15. The molecule has 0 radical (unpaired) electrons. The van der Waals surface area contributed by atoms with E-state index in [1.165, 1.54) is 0 Å². The summed E-state index contributed by atoms with van der Waals surface area (Å²) < 4.78 is 5.02. The van der Waals surface area contributed by atoms with Gasteiger partial charge in [0.2, 0.25) is 0 Å². The van der Waals surface area contributed by atoms with Crippen LogP contribution >= 0.6 is 11.6 Å². The Morgan fingerprint density at radius 3 is 2.44 bits per heavy atom. The zero-order chi connectivity index (χ0) is 11.4. The summed E-state index contributed by atoms with van der Waals surface area (Å²) in [6, 6.07) is 9.95. The molecule has 2 nitrogen and oxygen atoms in total. The number of rotatable bonds is 4. The number of hydrogen-bond acceptors (Lipinski definition) is 2. The highest BCUT2D eigenvalue weighted by Gasteiger charge is 2.04. The van der Waals surface area contributed by atoms with Crippen LogP contribution in [0.4, 0.5) is 0 Å². The third-order valence-corrected chi connectivity index (χ3v) is 2.81. The van der Waals surface area contributed by atoms with E-state index in [0.717, 1.165) is 16.7 Å². The van der Waals surface area contributed by atoms with Gasteiger partial charge in [-0.2, -0.15) is 0 Å². The standard InChI is InChI=1S/C13H13ClO2/c14-8-13(15)7-10-1-3-11(4-2-10)12-5-6-16-9-12/h1-6,9,13,15H,7-8H2. The molecule has 0 aliphatic rings. The molecule has 1 unspecified atom stereocenters. The van der Waals surface area contributed by atoms with Gasteiger partial charge >= 0.3 is 0 Å². The van der Waals surface area contributed by atoms with E-state index in [1.54, 1.807) is 12.5 Å². The fraction of sp³-hybridized carbons (Fsp3) is 0.231. The summed E-state index contributed by atoms with van der Waals surface area (Å²) in [5.74, 6) is 0.267. The monoisotopic (exact) mass is 236 g/mol. The Kier molecular flexibility index (Phi) is 3.65. The van der Waals surface area contributed by atoms with E-state index in [1.807, 2.05) is 30.3 Å². The minimum atomic E-state index is -0.471. The van der Waals surface area contributed by atoms with Crippen molar-refractivity contribution in [3.63, 3.8) is 0 Å². The van der Waals surface area contributed by atoms with Gasteiger partial charge in [0.15, 0.2) is 0 Å². The third kappa shape index (κ3) is 2.65. The lowest BCUT2D eigenvalue weighted by Gasteiger charge is -2.06. The highest BCUT2D eigenvalue weighted by molar-refractivity contribution is 6.18. The van der Waals surface area contributed by atoms with Crippen molar-refractivity contribution in [2.45, 2.75) is 12.5 Å². The van der Waals surface area contributed by atoms with Crippen molar-refractivity contribution in [3.05, 3.63) is 48.4 Å². The quantitative estimate of drug-likeness (QED) is 0.828. The molecule has 0 aliphatic carbocycles. The van der Waals surface area contributed by atoms with Crippen LogP contribution in [0.3, 0.4) is 0 Å². The van der Waals surface area contributed by atoms with E-state index >= 15 is 0 Å². The molecule has 16 heavy (non-hydrogen) atoms. The molecular weight excluding hydrogens is 224 g/mol. The minimum absolute atomic E-state index is 0.267. The summed E-state index contributed by atoms with van der Waals surface area (Å²) in [6.07, 6.45) is 3.49. The van der Waals surface area contributed by atoms with Crippen molar-refractivity contribution in [3.8, 4) is 11.1 Å². The Morgan fingerprint density at radius 1 is 1.12 bits per heavy atom. The van der Waals surface area contributed by atoms with E-state index in [0.29, 0.717) is 6.42 Å². The van der Waals surface area contributed by atoms with Crippen molar-refractivity contribution in [2.75, 3.05) is 5.88 Å². The average molecular weight is 237 g/mol. The molecule has 1 aromatic carbocycles. The topological polar surface area (TPSA) is 33.4 Å². The van der Waals surface area contributed by atoms with Gasteiger partial charge in [-0.15, -0.1) is 11.6 Å². The lowest BCUT2D eigenvalue weighted by molar-refractivity contribution is 0.199. The summed E-state index contributed by atoms with van der Waals surface area (Å²) >= 11 is 5.55. The number of halogens is 1. The predicted octanol–water partition coefficient (Wildman–Crippen LogP) is 3.09. The summed E-state index contributed by atoms with van der Waals surface area (Å²) in [5.41, 5.74) is 3.25. The third-order valence-electron chi connectivity index (χ3n) is 2.46. The highest BCUT2D eigenvalue weighted by atomic mass is 35.5. The minimum Gasteiger partial charge on any atom is -0.472 e. The van der Waals surface area contributed by atoms with Crippen LogP contribution in [0.25, 0.3) is 11.1 Å². The fourth-order valence-corrected chi connectivity index (χ4v) is 1.70. The zero-order valence-corrected chi connectivity index (χ0v) is 9.52. The van der Waals surface area contributed by atoms with E-state index < -0.39 is 6.10 Å². The predicted molar refractivity (Wildman–Crippen MR) is 64.6 cm³/mol. The number of aliphatic hydroxyl groups excluding tert-OH is 1. The first kappa shape index (κ1) is 11.2. The van der Waals surface area contributed by atoms with Gasteiger partial charge in [-0.25, -0.2) is 0 Å². The molecule has 1 N–H and O–H groups in total. The Balaban J connectivity index is 2.11. The number of aliphatic hydroxyl groups is 1. The van der Waals surface area contributed by atoms with Gasteiger partial charge in [0.05, 0.1) is 18.6 Å².